The molecule has 0 radical (unpaired) electrons. The van der Waals surface area contributed by atoms with Crippen LogP contribution in [0.3, 0.4) is 0 Å². The van der Waals surface area contributed by atoms with Crippen LogP contribution in [0.5, 0.6) is 0 Å². The van der Waals surface area contributed by atoms with Gasteiger partial charge in [0, 0.05) is 10.0 Å². The number of hydrogen-bond acceptors (Lipinski definition) is 3. The molecule has 0 spiro atoms. The van der Waals surface area contributed by atoms with E-state index in [0.717, 1.165) is 4.68 Å². The highest BCUT2D eigenvalue weighted by molar-refractivity contribution is 9.10. The number of hydrogen-bond donors (Lipinski definition) is 1. The Morgan fingerprint density at radius 2 is 1.79 bits per heavy atom. The van der Waals surface area contributed by atoms with Crippen LogP contribution in [0, 0.1) is 5.82 Å². The number of halogens is 3. The van der Waals surface area contributed by atoms with Gasteiger partial charge in [-0.25, -0.2) is 9.37 Å². The Morgan fingerprint density at radius 3 is 2.55 bits per heavy atom. The average molecular weight is 473 g/mol. The van der Waals surface area contributed by atoms with E-state index in [1.807, 2.05) is 0 Å². The molecule has 0 atom stereocenters. The molecule has 1 heterocycles. The summed E-state index contributed by atoms with van der Waals surface area (Å²) in [5.74, 6) is -0.833. The van der Waals surface area contributed by atoms with Crippen molar-refractivity contribution in [3.63, 3.8) is 0 Å². The molecule has 0 aliphatic rings. The number of rotatable bonds is 3. The highest BCUT2D eigenvalue weighted by atomic mass is 79.9. The molecule has 8 heteroatoms. The van der Waals surface area contributed by atoms with Gasteiger partial charge >= 0.3 is 0 Å². The number of carbonyl (C=O) groups excluding carboxylic acids is 1. The zero-order valence-corrected chi connectivity index (χ0v) is 17.0. The molecule has 0 bridgehead atoms. The van der Waals surface area contributed by atoms with Gasteiger partial charge in [-0.1, -0.05) is 39.7 Å². The standard InChI is InChI=1S/C21H12BrClFN3O2/c22-13-7-10-17(23)16(11-13)20(28)26-27-19(12-5-8-14(24)9-6-12)25-18-4-2-1-3-15(18)21(27)29/h1-11H,(H,26,28). The summed E-state index contributed by atoms with van der Waals surface area (Å²) in [7, 11) is 0. The molecule has 1 amide bonds. The molecule has 29 heavy (non-hydrogen) atoms. The van der Waals surface area contributed by atoms with Crippen molar-refractivity contribution in [1.82, 2.24) is 9.66 Å². The summed E-state index contributed by atoms with van der Waals surface area (Å²) in [6.07, 6.45) is 0. The molecule has 0 saturated carbocycles. The van der Waals surface area contributed by atoms with Crippen LogP contribution in [-0.4, -0.2) is 15.6 Å². The van der Waals surface area contributed by atoms with Crippen molar-refractivity contribution in [2.75, 3.05) is 5.43 Å². The summed E-state index contributed by atoms with van der Waals surface area (Å²) in [6.45, 7) is 0. The van der Waals surface area contributed by atoms with E-state index in [9.17, 15) is 14.0 Å². The Balaban J connectivity index is 1.90. The normalized spacial score (nSPS) is 10.9. The summed E-state index contributed by atoms with van der Waals surface area (Å²) < 4.78 is 15.1. The van der Waals surface area contributed by atoms with Gasteiger partial charge in [0.15, 0.2) is 5.82 Å². The predicted molar refractivity (Wildman–Crippen MR) is 114 cm³/mol. The van der Waals surface area contributed by atoms with Gasteiger partial charge in [-0.05, 0) is 54.6 Å². The van der Waals surface area contributed by atoms with Gasteiger partial charge in [0.2, 0.25) is 0 Å². The number of nitrogens with zero attached hydrogens (tertiary/aromatic N) is 2. The topological polar surface area (TPSA) is 64.0 Å². The number of fused-ring (bicyclic) bond motifs is 1. The van der Waals surface area contributed by atoms with E-state index < -0.39 is 17.3 Å². The number of carbonyl (C=O) groups is 1. The monoisotopic (exact) mass is 471 g/mol. The van der Waals surface area contributed by atoms with Gasteiger partial charge < -0.3 is 0 Å². The third-order valence-electron chi connectivity index (χ3n) is 4.26. The average Bonchev–Trinajstić information content (AvgIpc) is 2.72. The van der Waals surface area contributed by atoms with Gasteiger partial charge in [-0.2, -0.15) is 4.68 Å². The Kier molecular flexibility index (Phi) is 5.17. The molecular weight excluding hydrogens is 461 g/mol. The van der Waals surface area contributed by atoms with Crippen LogP contribution in [0.4, 0.5) is 4.39 Å². The van der Waals surface area contributed by atoms with Gasteiger partial charge in [-0.3, -0.25) is 15.0 Å². The fourth-order valence-electron chi connectivity index (χ4n) is 2.86. The molecule has 0 unspecified atom stereocenters. The Morgan fingerprint density at radius 1 is 1.07 bits per heavy atom. The van der Waals surface area contributed by atoms with Crippen molar-refractivity contribution in [1.29, 1.82) is 0 Å². The largest absolute Gasteiger partial charge is 0.280 e. The second-order valence-corrected chi connectivity index (χ2v) is 7.49. The zero-order chi connectivity index (χ0) is 20.5. The number of benzene rings is 3. The summed E-state index contributed by atoms with van der Waals surface area (Å²) in [5.41, 5.74) is 3.22. The lowest BCUT2D eigenvalue weighted by molar-refractivity contribution is 0.101. The van der Waals surface area contributed by atoms with Crippen molar-refractivity contribution in [2.45, 2.75) is 0 Å². The Hall–Kier alpha value is -3.03. The molecule has 0 fully saturated rings. The summed E-state index contributed by atoms with van der Waals surface area (Å²) in [4.78, 5) is 30.5. The lowest BCUT2D eigenvalue weighted by Gasteiger charge is -2.15. The molecule has 5 nitrogen and oxygen atoms in total. The van der Waals surface area contributed by atoms with Crippen molar-refractivity contribution >= 4 is 44.3 Å². The minimum Gasteiger partial charge on any atom is -0.267 e. The second kappa shape index (κ2) is 7.77. The molecule has 144 valence electrons. The maximum Gasteiger partial charge on any atom is 0.280 e. The maximum absolute atomic E-state index is 13.4. The number of para-hydroxylation sites is 1. The van der Waals surface area contributed by atoms with Crippen molar-refractivity contribution < 1.29 is 9.18 Å². The lowest BCUT2D eigenvalue weighted by Crippen LogP contribution is -2.35. The van der Waals surface area contributed by atoms with E-state index in [4.69, 9.17) is 11.6 Å². The van der Waals surface area contributed by atoms with Crippen LogP contribution in [0.25, 0.3) is 22.3 Å². The van der Waals surface area contributed by atoms with E-state index in [1.54, 1.807) is 42.5 Å². The molecule has 1 aromatic heterocycles. The zero-order valence-electron chi connectivity index (χ0n) is 14.7. The van der Waals surface area contributed by atoms with Crippen molar-refractivity contribution in [3.8, 4) is 11.4 Å². The van der Waals surface area contributed by atoms with Crippen LogP contribution in [0.2, 0.25) is 5.02 Å². The summed E-state index contributed by atoms with van der Waals surface area (Å²) >= 11 is 9.44. The summed E-state index contributed by atoms with van der Waals surface area (Å²) in [6, 6.07) is 17.1. The quantitative estimate of drug-likeness (QED) is 0.456. The third-order valence-corrected chi connectivity index (χ3v) is 5.09. The summed E-state index contributed by atoms with van der Waals surface area (Å²) in [5, 5.41) is 0.565. The maximum atomic E-state index is 13.4. The first-order valence-electron chi connectivity index (χ1n) is 8.48. The van der Waals surface area contributed by atoms with Gasteiger partial charge in [0.05, 0.1) is 21.5 Å². The first kappa shape index (κ1) is 19.3. The van der Waals surface area contributed by atoms with Crippen LogP contribution >= 0.6 is 27.5 Å². The molecule has 0 aliphatic heterocycles. The number of amides is 1. The minimum absolute atomic E-state index is 0.174. The molecule has 1 N–H and O–H groups in total. The van der Waals surface area contributed by atoms with Gasteiger partial charge in [0.25, 0.3) is 11.5 Å². The van der Waals surface area contributed by atoms with Crippen LogP contribution < -0.4 is 11.0 Å². The second-order valence-electron chi connectivity index (χ2n) is 6.17. The van der Waals surface area contributed by atoms with Crippen LogP contribution in [-0.2, 0) is 0 Å². The van der Waals surface area contributed by atoms with E-state index in [2.05, 4.69) is 26.3 Å². The first-order chi connectivity index (χ1) is 13.9. The molecule has 0 saturated heterocycles. The van der Waals surface area contributed by atoms with E-state index in [1.165, 1.54) is 24.3 Å². The highest BCUT2D eigenvalue weighted by Gasteiger charge is 2.17. The number of nitrogens with one attached hydrogen (secondary N) is 1. The molecule has 0 aliphatic carbocycles. The Bertz CT molecular complexity index is 1310. The highest BCUT2D eigenvalue weighted by Crippen LogP contribution is 2.22. The first-order valence-corrected chi connectivity index (χ1v) is 9.65. The molecular formula is C21H12BrClFN3O2. The lowest BCUT2D eigenvalue weighted by atomic mass is 10.2. The molecule has 4 rings (SSSR count). The van der Waals surface area contributed by atoms with E-state index >= 15 is 0 Å². The van der Waals surface area contributed by atoms with E-state index in [-0.39, 0.29) is 16.4 Å². The van der Waals surface area contributed by atoms with E-state index in [0.29, 0.717) is 20.9 Å². The predicted octanol–water partition coefficient (Wildman–Crippen LogP) is 5.00. The van der Waals surface area contributed by atoms with Gasteiger partial charge in [0.1, 0.15) is 5.82 Å². The smallest absolute Gasteiger partial charge is 0.267 e. The minimum atomic E-state index is -0.584. The number of aromatic nitrogens is 2. The fraction of sp³-hybridized carbons (Fsp3) is 0. The molecule has 3 aromatic carbocycles. The van der Waals surface area contributed by atoms with Crippen molar-refractivity contribution in [2.24, 2.45) is 0 Å². The molecule has 4 aromatic rings. The SMILES string of the molecule is O=C(Nn1c(-c2ccc(F)cc2)nc2ccccc2c1=O)c1cc(Br)ccc1Cl. The van der Waals surface area contributed by atoms with Crippen LogP contribution in [0.15, 0.2) is 76.0 Å². The van der Waals surface area contributed by atoms with Gasteiger partial charge in [-0.15, -0.1) is 0 Å². The Labute approximate surface area is 177 Å². The van der Waals surface area contributed by atoms with Crippen LogP contribution in [0.1, 0.15) is 10.4 Å². The fourth-order valence-corrected chi connectivity index (χ4v) is 3.43. The third kappa shape index (κ3) is 3.79. The van der Waals surface area contributed by atoms with Crippen molar-refractivity contribution in [3.05, 3.63) is 98.0 Å².